The highest BCUT2D eigenvalue weighted by Gasteiger charge is 2.14. The maximum Gasteiger partial charge on any atom is 0.180 e. The molecule has 1 rings (SSSR count). The number of benzene rings is 1. The number of Topliss-reactive ketones (excluding diaryl/α,β-unsaturated/α-hetero) is 1. The molecule has 0 saturated carbocycles. The monoisotopic (exact) mass is 236 g/mol. The van der Waals surface area contributed by atoms with Gasteiger partial charge in [-0.3, -0.25) is 4.79 Å². The summed E-state index contributed by atoms with van der Waals surface area (Å²) >= 11 is 10.9. The Morgan fingerprint density at radius 3 is 2.71 bits per heavy atom. The number of carbonyl (C=O) groups excluding carboxylic acids is 1. The molecule has 0 aliphatic carbocycles. The quantitative estimate of drug-likeness (QED) is 0.596. The Bertz CT molecular complexity index is 366. The molecule has 0 atom stereocenters. The van der Waals surface area contributed by atoms with E-state index in [2.05, 4.69) is 0 Å². The predicted molar refractivity (Wildman–Crippen MR) is 53.0 cm³/mol. The van der Waals surface area contributed by atoms with Gasteiger partial charge in [0.25, 0.3) is 0 Å². The summed E-state index contributed by atoms with van der Waals surface area (Å²) < 4.78 is 18.0. The van der Waals surface area contributed by atoms with Crippen LogP contribution in [0.15, 0.2) is 12.1 Å². The minimum atomic E-state index is -0.693. The smallest absolute Gasteiger partial charge is 0.180 e. The Labute approximate surface area is 90.6 Å². The van der Waals surface area contributed by atoms with E-state index >= 15 is 0 Å². The maximum atomic E-state index is 13.2. The van der Waals surface area contributed by atoms with Crippen molar-refractivity contribution in [3.05, 3.63) is 28.5 Å². The van der Waals surface area contributed by atoms with Crippen LogP contribution in [0.25, 0.3) is 0 Å². The van der Waals surface area contributed by atoms with Gasteiger partial charge in [-0.25, -0.2) is 4.39 Å². The molecule has 1 aromatic rings. The first kappa shape index (κ1) is 11.3. The highest BCUT2D eigenvalue weighted by Crippen LogP contribution is 2.27. The van der Waals surface area contributed by atoms with Crippen molar-refractivity contribution in [2.45, 2.75) is 0 Å². The van der Waals surface area contributed by atoms with Gasteiger partial charge in [-0.05, 0) is 12.1 Å². The number of rotatable bonds is 3. The van der Waals surface area contributed by atoms with E-state index in [0.717, 1.165) is 6.07 Å². The van der Waals surface area contributed by atoms with Crippen molar-refractivity contribution in [1.82, 2.24) is 0 Å². The highest BCUT2D eigenvalue weighted by molar-refractivity contribution is 6.33. The lowest BCUT2D eigenvalue weighted by Crippen LogP contribution is -2.04. The van der Waals surface area contributed by atoms with Gasteiger partial charge in [-0.2, -0.15) is 0 Å². The Kier molecular flexibility index (Phi) is 3.72. The Balaban J connectivity index is 3.24. The number of ether oxygens (including phenoxy) is 1. The molecule has 0 fully saturated rings. The Morgan fingerprint density at radius 2 is 2.21 bits per heavy atom. The molecule has 0 aliphatic heterocycles. The number of halogens is 3. The normalized spacial score (nSPS) is 10.0. The average Bonchev–Trinajstić information content (AvgIpc) is 2.17. The molecule has 0 heterocycles. The van der Waals surface area contributed by atoms with Crippen LogP contribution in [0.4, 0.5) is 4.39 Å². The van der Waals surface area contributed by atoms with Crippen LogP contribution in [0.5, 0.6) is 5.75 Å². The minimum absolute atomic E-state index is 0.110. The van der Waals surface area contributed by atoms with E-state index in [1.807, 2.05) is 0 Å². The zero-order chi connectivity index (χ0) is 10.7. The van der Waals surface area contributed by atoms with Crippen molar-refractivity contribution in [2.24, 2.45) is 0 Å². The summed E-state index contributed by atoms with van der Waals surface area (Å²) in [5.74, 6) is -1.22. The summed E-state index contributed by atoms with van der Waals surface area (Å²) in [6.07, 6.45) is 0. The second-order valence-electron chi connectivity index (χ2n) is 2.52. The Hall–Kier alpha value is -0.800. The van der Waals surface area contributed by atoms with Gasteiger partial charge in [0.05, 0.1) is 23.6 Å². The van der Waals surface area contributed by atoms with Gasteiger partial charge in [0.2, 0.25) is 0 Å². The maximum absolute atomic E-state index is 13.2. The summed E-state index contributed by atoms with van der Waals surface area (Å²) in [4.78, 5) is 11.1. The van der Waals surface area contributed by atoms with E-state index in [9.17, 15) is 9.18 Å². The first-order valence-corrected chi connectivity index (χ1v) is 4.63. The molecule has 14 heavy (non-hydrogen) atoms. The standard InChI is InChI=1S/C9H7Cl2FO2/c1-14-9-2-5(8(13)4-10)7(12)3-6(9)11/h2-3H,4H2,1H3. The van der Waals surface area contributed by atoms with Crippen LogP contribution in [0.3, 0.4) is 0 Å². The topological polar surface area (TPSA) is 26.3 Å². The molecule has 0 aromatic heterocycles. The summed E-state index contributed by atoms with van der Waals surface area (Å²) in [6.45, 7) is 0. The zero-order valence-corrected chi connectivity index (χ0v) is 8.82. The van der Waals surface area contributed by atoms with Crippen LogP contribution in [-0.4, -0.2) is 18.8 Å². The van der Waals surface area contributed by atoms with Crippen LogP contribution in [0.1, 0.15) is 10.4 Å². The van der Waals surface area contributed by atoms with E-state index in [1.54, 1.807) is 0 Å². The van der Waals surface area contributed by atoms with Gasteiger partial charge in [0, 0.05) is 0 Å². The zero-order valence-electron chi connectivity index (χ0n) is 7.31. The van der Waals surface area contributed by atoms with Gasteiger partial charge in [0.1, 0.15) is 11.6 Å². The molecule has 0 aliphatic rings. The third-order valence-corrected chi connectivity index (χ3v) is 2.20. The summed E-state index contributed by atoms with van der Waals surface area (Å²) in [7, 11) is 1.38. The van der Waals surface area contributed by atoms with Crippen LogP contribution < -0.4 is 4.74 Å². The van der Waals surface area contributed by atoms with Gasteiger partial charge in [-0.15, -0.1) is 11.6 Å². The molecule has 0 radical (unpaired) electrons. The fraction of sp³-hybridized carbons (Fsp3) is 0.222. The summed E-state index contributed by atoms with van der Waals surface area (Å²) in [6, 6.07) is 2.27. The number of hydrogen-bond donors (Lipinski definition) is 0. The minimum Gasteiger partial charge on any atom is -0.495 e. The van der Waals surface area contributed by atoms with Crippen molar-refractivity contribution in [1.29, 1.82) is 0 Å². The number of alkyl halides is 1. The lowest BCUT2D eigenvalue weighted by molar-refractivity contribution is 0.101. The first-order valence-electron chi connectivity index (χ1n) is 3.72. The van der Waals surface area contributed by atoms with Crippen LogP contribution in [0, 0.1) is 5.82 Å². The molecule has 0 spiro atoms. The average molecular weight is 237 g/mol. The van der Waals surface area contributed by atoms with Gasteiger partial charge in [-0.1, -0.05) is 11.6 Å². The van der Waals surface area contributed by atoms with E-state index < -0.39 is 11.6 Å². The second kappa shape index (κ2) is 4.62. The van der Waals surface area contributed by atoms with Gasteiger partial charge >= 0.3 is 0 Å². The van der Waals surface area contributed by atoms with Crippen LogP contribution >= 0.6 is 23.2 Å². The third-order valence-electron chi connectivity index (χ3n) is 1.66. The molecular weight excluding hydrogens is 230 g/mol. The van der Waals surface area contributed by atoms with Crippen molar-refractivity contribution in [2.75, 3.05) is 13.0 Å². The number of ketones is 1. The molecule has 0 N–H and O–H groups in total. The van der Waals surface area contributed by atoms with E-state index in [4.69, 9.17) is 27.9 Å². The lowest BCUT2D eigenvalue weighted by atomic mass is 10.1. The molecule has 0 amide bonds. The number of methoxy groups -OCH3 is 1. The van der Waals surface area contributed by atoms with Crippen molar-refractivity contribution in [3.8, 4) is 5.75 Å². The molecule has 0 unspecified atom stereocenters. The molecule has 2 nitrogen and oxygen atoms in total. The van der Waals surface area contributed by atoms with Crippen LogP contribution in [-0.2, 0) is 0 Å². The largest absolute Gasteiger partial charge is 0.495 e. The molecule has 5 heteroatoms. The fourth-order valence-electron chi connectivity index (χ4n) is 0.971. The fourth-order valence-corrected chi connectivity index (χ4v) is 1.34. The van der Waals surface area contributed by atoms with E-state index in [-0.39, 0.29) is 22.2 Å². The van der Waals surface area contributed by atoms with Crippen molar-refractivity contribution in [3.63, 3.8) is 0 Å². The predicted octanol–water partition coefficient (Wildman–Crippen LogP) is 2.91. The number of carbonyl (C=O) groups is 1. The SMILES string of the molecule is COc1cc(C(=O)CCl)c(F)cc1Cl. The van der Waals surface area contributed by atoms with Gasteiger partial charge in [0.15, 0.2) is 5.78 Å². The summed E-state index contributed by atoms with van der Waals surface area (Å²) in [5, 5.41) is 0.121. The van der Waals surface area contributed by atoms with E-state index in [0.29, 0.717) is 0 Å². The first-order chi connectivity index (χ1) is 6.60. The van der Waals surface area contributed by atoms with Crippen molar-refractivity contribution < 1.29 is 13.9 Å². The second-order valence-corrected chi connectivity index (χ2v) is 3.20. The Morgan fingerprint density at radius 1 is 1.57 bits per heavy atom. The van der Waals surface area contributed by atoms with E-state index in [1.165, 1.54) is 13.2 Å². The van der Waals surface area contributed by atoms with Gasteiger partial charge < -0.3 is 4.74 Å². The molecule has 0 saturated heterocycles. The lowest BCUT2D eigenvalue weighted by Gasteiger charge is -2.05. The highest BCUT2D eigenvalue weighted by atomic mass is 35.5. The molecule has 76 valence electrons. The molecule has 1 aromatic carbocycles. The third kappa shape index (κ3) is 2.16. The molecular formula is C9H7Cl2FO2. The number of hydrogen-bond acceptors (Lipinski definition) is 2. The van der Waals surface area contributed by atoms with Crippen LogP contribution in [0.2, 0.25) is 5.02 Å². The van der Waals surface area contributed by atoms with Crippen molar-refractivity contribution >= 4 is 29.0 Å². The summed E-state index contributed by atoms with van der Waals surface area (Å²) in [5.41, 5.74) is -0.110. The molecule has 0 bridgehead atoms.